The van der Waals surface area contributed by atoms with E-state index in [0.29, 0.717) is 6.42 Å². The molecule has 1 unspecified atom stereocenters. The lowest BCUT2D eigenvalue weighted by molar-refractivity contribution is -0.120. The van der Waals surface area contributed by atoms with E-state index >= 15 is 0 Å². The van der Waals surface area contributed by atoms with Gasteiger partial charge in [0.2, 0.25) is 5.91 Å². The van der Waals surface area contributed by atoms with E-state index in [1.165, 1.54) is 25.7 Å². The van der Waals surface area contributed by atoms with Crippen molar-refractivity contribution < 1.29 is 4.79 Å². The van der Waals surface area contributed by atoms with Crippen LogP contribution in [0.25, 0.3) is 0 Å². The highest BCUT2D eigenvalue weighted by molar-refractivity contribution is 5.94. The van der Waals surface area contributed by atoms with Crippen molar-refractivity contribution in [2.45, 2.75) is 45.1 Å². The molecule has 0 saturated carbocycles. The van der Waals surface area contributed by atoms with Gasteiger partial charge in [-0.25, -0.2) is 0 Å². The van der Waals surface area contributed by atoms with Gasteiger partial charge in [-0.2, -0.15) is 5.26 Å². The van der Waals surface area contributed by atoms with Crippen LogP contribution in [0, 0.1) is 11.3 Å². The van der Waals surface area contributed by atoms with Gasteiger partial charge in [0, 0.05) is 5.69 Å². The summed E-state index contributed by atoms with van der Waals surface area (Å²) in [6.07, 6.45) is 5.30. The molecule has 0 spiro atoms. The maximum Gasteiger partial charge on any atom is 0.241 e. The Labute approximate surface area is 126 Å². The molecule has 2 rings (SSSR count). The predicted molar refractivity (Wildman–Crippen MR) is 83.9 cm³/mol. The third kappa shape index (κ3) is 4.57. The highest BCUT2D eigenvalue weighted by Crippen LogP contribution is 2.15. The Morgan fingerprint density at radius 3 is 2.43 bits per heavy atom. The van der Waals surface area contributed by atoms with Crippen LogP contribution < -0.4 is 5.32 Å². The van der Waals surface area contributed by atoms with Gasteiger partial charge in [0.25, 0.3) is 0 Å². The summed E-state index contributed by atoms with van der Waals surface area (Å²) in [5.41, 5.74) is 1.76. The molecule has 112 valence electrons. The van der Waals surface area contributed by atoms with E-state index in [2.05, 4.69) is 16.3 Å². The largest absolute Gasteiger partial charge is 0.325 e. The first-order valence-electron chi connectivity index (χ1n) is 7.71. The zero-order chi connectivity index (χ0) is 15.1. The van der Waals surface area contributed by atoms with Gasteiger partial charge in [0.15, 0.2) is 0 Å². The molecule has 0 radical (unpaired) electrons. The summed E-state index contributed by atoms with van der Waals surface area (Å²) in [4.78, 5) is 14.6. The van der Waals surface area contributed by atoms with E-state index in [9.17, 15) is 4.79 Å². The van der Waals surface area contributed by atoms with Crippen LogP contribution in [0.15, 0.2) is 24.3 Å². The zero-order valence-electron chi connectivity index (χ0n) is 12.6. The lowest BCUT2D eigenvalue weighted by Crippen LogP contribution is -2.42. The fourth-order valence-electron chi connectivity index (χ4n) is 2.69. The average molecular weight is 285 g/mol. The number of nitrogens with one attached hydrogen (secondary N) is 1. The number of nitrogens with zero attached hydrogens (tertiary/aromatic N) is 2. The summed E-state index contributed by atoms with van der Waals surface area (Å²) in [7, 11) is 0. The molecule has 0 aliphatic carbocycles. The Hall–Kier alpha value is -1.86. The van der Waals surface area contributed by atoms with Gasteiger partial charge in [0.05, 0.1) is 18.5 Å². The molecule has 1 aromatic carbocycles. The molecular weight excluding hydrogens is 262 g/mol. The number of anilines is 1. The number of amides is 1. The summed E-state index contributed by atoms with van der Waals surface area (Å²) in [6, 6.07) is 9.51. The van der Waals surface area contributed by atoms with Crippen molar-refractivity contribution in [2.24, 2.45) is 0 Å². The minimum atomic E-state index is -0.0955. The summed E-state index contributed by atoms with van der Waals surface area (Å²) >= 11 is 0. The maximum atomic E-state index is 12.3. The number of hydrogen-bond acceptors (Lipinski definition) is 3. The maximum absolute atomic E-state index is 12.3. The zero-order valence-corrected chi connectivity index (χ0v) is 12.6. The SMILES string of the molecule is CC(C(=O)Nc1ccc(CC#N)cc1)N1CCCCCC1. The number of rotatable bonds is 4. The number of benzene rings is 1. The van der Waals surface area contributed by atoms with Gasteiger partial charge < -0.3 is 5.32 Å². The standard InChI is InChI=1S/C17H23N3O/c1-14(20-12-4-2-3-5-13-20)17(21)19-16-8-6-15(7-9-16)10-11-18/h6-9,14H,2-5,10,12-13H2,1H3,(H,19,21). The van der Waals surface area contributed by atoms with Crippen LogP contribution in [-0.4, -0.2) is 29.9 Å². The summed E-state index contributed by atoms with van der Waals surface area (Å²) in [6.45, 7) is 4.00. The third-order valence-corrected chi connectivity index (χ3v) is 4.07. The number of carbonyl (C=O) groups is 1. The van der Waals surface area contributed by atoms with E-state index in [1.807, 2.05) is 31.2 Å². The Morgan fingerprint density at radius 1 is 1.24 bits per heavy atom. The number of likely N-dealkylation sites (tertiary alicyclic amines) is 1. The Bertz CT molecular complexity index is 496. The van der Waals surface area contributed by atoms with Crippen LogP contribution in [0.4, 0.5) is 5.69 Å². The number of nitriles is 1. The van der Waals surface area contributed by atoms with Crippen molar-refractivity contribution in [2.75, 3.05) is 18.4 Å². The topological polar surface area (TPSA) is 56.1 Å². The van der Waals surface area contributed by atoms with Crippen LogP contribution in [0.3, 0.4) is 0 Å². The molecule has 0 aromatic heterocycles. The highest BCUT2D eigenvalue weighted by atomic mass is 16.2. The molecule has 1 saturated heterocycles. The van der Waals surface area contributed by atoms with Gasteiger partial charge in [0.1, 0.15) is 0 Å². The van der Waals surface area contributed by atoms with Crippen LogP contribution in [0.2, 0.25) is 0 Å². The second-order valence-corrected chi connectivity index (χ2v) is 5.65. The first-order valence-corrected chi connectivity index (χ1v) is 7.71. The van der Waals surface area contributed by atoms with Crippen molar-refractivity contribution in [1.29, 1.82) is 5.26 Å². The summed E-state index contributed by atoms with van der Waals surface area (Å²) in [5, 5.41) is 11.6. The smallest absolute Gasteiger partial charge is 0.241 e. The molecular formula is C17H23N3O. The van der Waals surface area contributed by atoms with Gasteiger partial charge in [-0.3, -0.25) is 9.69 Å². The molecule has 1 atom stereocenters. The molecule has 1 aliphatic rings. The lowest BCUT2D eigenvalue weighted by Gasteiger charge is -2.26. The van der Waals surface area contributed by atoms with Gasteiger partial charge >= 0.3 is 0 Å². The normalized spacial score (nSPS) is 17.5. The van der Waals surface area contributed by atoms with Crippen molar-refractivity contribution in [1.82, 2.24) is 4.90 Å². The molecule has 1 fully saturated rings. The Kier molecular flexibility index (Phi) is 5.77. The molecule has 4 heteroatoms. The first kappa shape index (κ1) is 15.5. The average Bonchev–Trinajstić information content (AvgIpc) is 2.78. The molecule has 1 heterocycles. The molecule has 1 aliphatic heterocycles. The molecule has 1 N–H and O–H groups in total. The monoisotopic (exact) mass is 285 g/mol. The van der Waals surface area contributed by atoms with E-state index in [4.69, 9.17) is 5.26 Å². The molecule has 0 bridgehead atoms. The first-order chi connectivity index (χ1) is 10.2. The second-order valence-electron chi connectivity index (χ2n) is 5.65. The molecule has 1 aromatic rings. The van der Waals surface area contributed by atoms with Crippen molar-refractivity contribution in [3.8, 4) is 6.07 Å². The predicted octanol–water partition coefficient (Wildman–Crippen LogP) is 2.96. The van der Waals surface area contributed by atoms with E-state index in [0.717, 1.165) is 24.3 Å². The number of hydrogen-bond donors (Lipinski definition) is 1. The fourth-order valence-corrected chi connectivity index (χ4v) is 2.69. The van der Waals surface area contributed by atoms with Crippen LogP contribution in [0.5, 0.6) is 0 Å². The van der Waals surface area contributed by atoms with Crippen LogP contribution >= 0.6 is 0 Å². The fraction of sp³-hybridized carbons (Fsp3) is 0.529. The molecule has 4 nitrogen and oxygen atoms in total. The lowest BCUT2D eigenvalue weighted by atomic mass is 10.1. The summed E-state index contributed by atoms with van der Waals surface area (Å²) < 4.78 is 0. The number of carbonyl (C=O) groups excluding carboxylic acids is 1. The minimum Gasteiger partial charge on any atom is -0.325 e. The summed E-state index contributed by atoms with van der Waals surface area (Å²) in [5.74, 6) is 0.0462. The molecule has 1 amide bonds. The highest BCUT2D eigenvalue weighted by Gasteiger charge is 2.21. The van der Waals surface area contributed by atoms with E-state index < -0.39 is 0 Å². The van der Waals surface area contributed by atoms with E-state index in [1.54, 1.807) is 0 Å². The molecule has 21 heavy (non-hydrogen) atoms. The van der Waals surface area contributed by atoms with Crippen LogP contribution in [-0.2, 0) is 11.2 Å². The van der Waals surface area contributed by atoms with E-state index in [-0.39, 0.29) is 11.9 Å². The van der Waals surface area contributed by atoms with Crippen molar-refractivity contribution in [3.63, 3.8) is 0 Å². The van der Waals surface area contributed by atoms with Gasteiger partial charge in [-0.05, 0) is 50.6 Å². The van der Waals surface area contributed by atoms with Crippen molar-refractivity contribution in [3.05, 3.63) is 29.8 Å². The Morgan fingerprint density at radius 2 is 1.86 bits per heavy atom. The Balaban J connectivity index is 1.91. The second kappa shape index (κ2) is 7.80. The minimum absolute atomic E-state index is 0.0462. The van der Waals surface area contributed by atoms with Gasteiger partial charge in [-0.1, -0.05) is 25.0 Å². The van der Waals surface area contributed by atoms with Crippen molar-refractivity contribution >= 4 is 11.6 Å². The quantitative estimate of drug-likeness (QED) is 0.925. The van der Waals surface area contributed by atoms with Crippen LogP contribution in [0.1, 0.15) is 38.2 Å². The third-order valence-electron chi connectivity index (χ3n) is 4.07. The van der Waals surface area contributed by atoms with Gasteiger partial charge in [-0.15, -0.1) is 0 Å².